The van der Waals surface area contributed by atoms with Crippen LogP contribution in [-0.2, 0) is 4.79 Å². The van der Waals surface area contributed by atoms with Crippen LogP contribution in [-0.4, -0.2) is 31.5 Å². The standard InChI is InChI=1S/C27H30ClN5O2/c1-7-26(3,4)15-27(5,6)25(35)30-23-24-32-31-16(2)33(24)21-13-12-19(34)14-20(21)22(29-23)17-8-10-18(28)11-9-17/h7-14,23,34H,1,15H2,2-6H3,(H,30,35)/t23-/m0/s1. The molecule has 35 heavy (non-hydrogen) atoms. The molecule has 3 aromatic rings. The van der Waals surface area contributed by atoms with Crippen LogP contribution in [0.25, 0.3) is 5.69 Å². The topological polar surface area (TPSA) is 92.4 Å². The van der Waals surface area contributed by atoms with Crippen LogP contribution in [0.4, 0.5) is 0 Å². The molecule has 1 aliphatic rings. The molecule has 1 aromatic heterocycles. The third kappa shape index (κ3) is 4.86. The summed E-state index contributed by atoms with van der Waals surface area (Å²) in [6, 6.07) is 12.4. The van der Waals surface area contributed by atoms with E-state index < -0.39 is 11.6 Å². The fourth-order valence-electron chi connectivity index (χ4n) is 4.56. The Bertz CT molecular complexity index is 1320. The smallest absolute Gasteiger partial charge is 0.227 e. The van der Waals surface area contributed by atoms with Crippen molar-refractivity contribution in [3.05, 3.63) is 82.9 Å². The molecule has 0 saturated carbocycles. The summed E-state index contributed by atoms with van der Waals surface area (Å²) >= 11 is 6.13. The number of aryl methyl sites for hydroxylation is 1. The Morgan fingerprint density at radius 3 is 2.51 bits per heavy atom. The third-order valence-corrected chi connectivity index (χ3v) is 6.53. The minimum absolute atomic E-state index is 0.105. The van der Waals surface area contributed by atoms with Gasteiger partial charge in [0.05, 0.1) is 11.4 Å². The van der Waals surface area contributed by atoms with E-state index in [0.717, 1.165) is 11.3 Å². The van der Waals surface area contributed by atoms with Gasteiger partial charge < -0.3 is 10.4 Å². The Hall–Kier alpha value is -3.45. The molecule has 182 valence electrons. The first-order valence-electron chi connectivity index (χ1n) is 11.5. The molecular formula is C27H30ClN5O2. The summed E-state index contributed by atoms with van der Waals surface area (Å²) in [6.07, 6.45) is 1.68. The minimum Gasteiger partial charge on any atom is -0.508 e. The van der Waals surface area contributed by atoms with Crippen molar-refractivity contribution in [2.75, 3.05) is 0 Å². The van der Waals surface area contributed by atoms with Gasteiger partial charge in [-0.3, -0.25) is 14.4 Å². The average molecular weight is 492 g/mol. The van der Waals surface area contributed by atoms with E-state index in [9.17, 15) is 9.90 Å². The summed E-state index contributed by atoms with van der Waals surface area (Å²) in [4.78, 5) is 18.5. The highest BCUT2D eigenvalue weighted by Gasteiger charge is 2.37. The van der Waals surface area contributed by atoms with Crippen LogP contribution in [0.5, 0.6) is 5.75 Å². The van der Waals surface area contributed by atoms with Gasteiger partial charge in [-0.15, -0.1) is 16.8 Å². The first-order chi connectivity index (χ1) is 16.4. The molecule has 0 radical (unpaired) electrons. The van der Waals surface area contributed by atoms with Gasteiger partial charge in [0.1, 0.15) is 11.6 Å². The molecule has 4 rings (SSSR count). The average Bonchev–Trinajstić information content (AvgIpc) is 3.11. The number of aromatic nitrogens is 3. The fraction of sp³-hybridized carbons (Fsp3) is 0.333. The van der Waals surface area contributed by atoms with Gasteiger partial charge in [-0.25, -0.2) is 0 Å². The van der Waals surface area contributed by atoms with Gasteiger partial charge in [0.15, 0.2) is 12.0 Å². The molecular weight excluding hydrogens is 462 g/mol. The molecule has 0 saturated heterocycles. The van der Waals surface area contributed by atoms with E-state index in [4.69, 9.17) is 16.6 Å². The van der Waals surface area contributed by atoms with Crippen LogP contribution in [0.15, 0.2) is 60.1 Å². The molecule has 8 heteroatoms. The highest BCUT2D eigenvalue weighted by Crippen LogP contribution is 2.36. The second-order valence-corrected chi connectivity index (χ2v) is 10.7. The van der Waals surface area contributed by atoms with Crippen molar-refractivity contribution in [1.29, 1.82) is 0 Å². The van der Waals surface area contributed by atoms with Gasteiger partial charge >= 0.3 is 0 Å². The number of phenols is 1. The van der Waals surface area contributed by atoms with Gasteiger partial charge in [0.25, 0.3) is 0 Å². The van der Waals surface area contributed by atoms with Crippen LogP contribution in [0.3, 0.4) is 0 Å². The molecule has 2 heterocycles. The number of aliphatic imine (C=N–C) groups is 1. The molecule has 0 fully saturated rings. The molecule has 1 amide bonds. The third-order valence-electron chi connectivity index (χ3n) is 6.28. The van der Waals surface area contributed by atoms with Crippen molar-refractivity contribution in [2.45, 2.75) is 47.2 Å². The zero-order valence-corrected chi connectivity index (χ0v) is 21.4. The van der Waals surface area contributed by atoms with E-state index in [1.807, 2.05) is 43.5 Å². The van der Waals surface area contributed by atoms with Crippen LogP contribution >= 0.6 is 11.6 Å². The van der Waals surface area contributed by atoms with Crippen LogP contribution in [0.1, 0.15) is 63.1 Å². The molecule has 0 unspecified atom stereocenters. The number of nitrogens with one attached hydrogen (secondary N) is 1. The second kappa shape index (κ2) is 8.96. The van der Waals surface area contributed by atoms with Crippen molar-refractivity contribution in [3.8, 4) is 11.4 Å². The van der Waals surface area contributed by atoms with Gasteiger partial charge in [-0.1, -0.05) is 57.5 Å². The number of halogens is 1. The van der Waals surface area contributed by atoms with E-state index >= 15 is 0 Å². The molecule has 1 atom stereocenters. The lowest BCUT2D eigenvalue weighted by Crippen LogP contribution is -2.41. The number of aromatic hydroxyl groups is 1. The van der Waals surface area contributed by atoms with Crippen molar-refractivity contribution in [1.82, 2.24) is 20.1 Å². The van der Waals surface area contributed by atoms with Gasteiger partial charge in [-0.05, 0) is 49.1 Å². The lowest BCUT2D eigenvalue weighted by Gasteiger charge is -2.32. The zero-order chi connectivity index (χ0) is 25.5. The minimum atomic E-state index is -0.796. The summed E-state index contributed by atoms with van der Waals surface area (Å²) in [5.74, 6) is 1.09. The maximum atomic E-state index is 13.5. The zero-order valence-electron chi connectivity index (χ0n) is 20.6. The van der Waals surface area contributed by atoms with Crippen molar-refractivity contribution in [2.24, 2.45) is 15.8 Å². The molecule has 1 aliphatic heterocycles. The summed E-state index contributed by atoms with van der Waals surface area (Å²) in [6.45, 7) is 13.7. The number of carbonyl (C=O) groups is 1. The number of fused-ring (bicyclic) bond motifs is 3. The molecule has 2 N–H and O–H groups in total. The highest BCUT2D eigenvalue weighted by molar-refractivity contribution is 6.30. The maximum Gasteiger partial charge on any atom is 0.227 e. The largest absolute Gasteiger partial charge is 0.508 e. The van der Waals surface area contributed by atoms with Crippen LogP contribution in [0.2, 0.25) is 5.02 Å². The van der Waals surface area contributed by atoms with E-state index in [2.05, 4.69) is 35.9 Å². The Balaban J connectivity index is 1.86. The monoisotopic (exact) mass is 491 g/mol. The number of benzene rings is 2. The van der Waals surface area contributed by atoms with Gasteiger partial charge in [-0.2, -0.15) is 0 Å². The lowest BCUT2D eigenvalue weighted by molar-refractivity contribution is -0.131. The van der Waals surface area contributed by atoms with E-state index in [0.29, 0.717) is 34.4 Å². The SMILES string of the molecule is C=CC(C)(C)CC(C)(C)C(=O)N[C@@H]1N=C(c2ccc(Cl)cc2)c2cc(O)ccc2-n2c(C)nnc21. The van der Waals surface area contributed by atoms with Gasteiger partial charge in [0.2, 0.25) is 5.91 Å². The predicted octanol–water partition coefficient (Wildman–Crippen LogP) is 5.53. The summed E-state index contributed by atoms with van der Waals surface area (Å²) in [5.41, 5.74) is 1.95. The van der Waals surface area contributed by atoms with Gasteiger partial charge in [0, 0.05) is 21.6 Å². The number of hydrogen-bond acceptors (Lipinski definition) is 5. The fourth-order valence-corrected chi connectivity index (χ4v) is 4.69. The molecule has 7 nitrogen and oxygen atoms in total. The maximum absolute atomic E-state index is 13.5. The Labute approximate surface area is 210 Å². The summed E-state index contributed by atoms with van der Waals surface area (Å²) < 4.78 is 1.87. The first-order valence-corrected chi connectivity index (χ1v) is 11.8. The van der Waals surface area contributed by atoms with Crippen LogP contribution < -0.4 is 5.32 Å². The number of carbonyl (C=O) groups excluding carboxylic acids is 1. The second-order valence-electron chi connectivity index (χ2n) is 10.3. The lowest BCUT2D eigenvalue weighted by atomic mass is 9.74. The summed E-state index contributed by atoms with van der Waals surface area (Å²) in [7, 11) is 0. The normalized spacial score (nSPS) is 15.5. The number of nitrogens with zero attached hydrogens (tertiary/aromatic N) is 4. The Kier molecular flexibility index (Phi) is 6.32. The number of amides is 1. The highest BCUT2D eigenvalue weighted by atomic mass is 35.5. The number of rotatable bonds is 6. The quantitative estimate of drug-likeness (QED) is 0.443. The summed E-state index contributed by atoms with van der Waals surface area (Å²) in [5, 5.41) is 22.7. The van der Waals surface area contributed by atoms with Crippen LogP contribution in [0, 0.1) is 17.8 Å². The number of hydrogen-bond donors (Lipinski definition) is 2. The first kappa shape index (κ1) is 24.7. The van der Waals surface area contributed by atoms with Crippen molar-refractivity contribution >= 4 is 23.2 Å². The van der Waals surface area contributed by atoms with Crippen molar-refractivity contribution < 1.29 is 9.90 Å². The number of allylic oxidation sites excluding steroid dienone is 1. The Morgan fingerprint density at radius 1 is 1.17 bits per heavy atom. The Morgan fingerprint density at radius 2 is 1.86 bits per heavy atom. The van der Waals surface area contributed by atoms with E-state index in [1.54, 1.807) is 30.3 Å². The molecule has 0 spiro atoms. The predicted molar refractivity (Wildman–Crippen MR) is 138 cm³/mol. The molecule has 2 aromatic carbocycles. The van der Waals surface area contributed by atoms with Crippen molar-refractivity contribution in [3.63, 3.8) is 0 Å². The number of phenolic OH excluding ortho intramolecular Hbond substituents is 1. The molecule has 0 aliphatic carbocycles. The van der Waals surface area contributed by atoms with E-state index in [1.165, 1.54) is 0 Å². The molecule has 0 bridgehead atoms. The van der Waals surface area contributed by atoms with E-state index in [-0.39, 0.29) is 17.1 Å².